The predicted molar refractivity (Wildman–Crippen MR) is 120 cm³/mol. The van der Waals surface area contributed by atoms with E-state index in [1.54, 1.807) is 37.5 Å². The van der Waals surface area contributed by atoms with Gasteiger partial charge in [0.15, 0.2) is 0 Å². The van der Waals surface area contributed by atoms with Gasteiger partial charge in [0.25, 0.3) is 5.69 Å². The fourth-order valence-electron chi connectivity index (χ4n) is 3.20. The van der Waals surface area contributed by atoms with E-state index in [0.717, 1.165) is 11.0 Å². The van der Waals surface area contributed by atoms with Crippen LogP contribution < -0.4 is 9.47 Å². The number of allylic oxidation sites excluding steroid dienone is 1. The summed E-state index contributed by atoms with van der Waals surface area (Å²) in [5.41, 5.74) is 3.18. The third-order valence-electron chi connectivity index (χ3n) is 4.80. The van der Waals surface area contributed by atoms with Gasteiger partial charge < -0.3 is 14.5 Å². The minimum Gasteiger partial charge on any atom is -0.497 e. The van der Waals surface area contributed by atoms with Crippen molar-refractivity contribution in [2.45, 2.75) is 6.61 Å². The molecule has 8 heteroatoms. The second kappa shape index (κ2) is 9.02. The van der Waals surface area contributed by atoms with Crippen LogP contribution in [0.3, 0.4) is 0 Å². The fraction of sp³-hybridized carbons (Fsp3) is 0.0833. The Morgan fingerprint density at radius 3 is 2.81 bits per heavy atom. The Balaban J connectivity index is 1.62. The summed E-state index contributed by atoms with van der Waals surface area (Å²) in [5.74, 6) is 1.67. The van der Waals surface area contributed by atoms with Gasteiger partial charge in [-0.05, 0) is 29.8 Å². The number of para-hydroxylation sites is 1. The Morgan fingerprint density at radius 2 is 2.03 bits per heavy atom. The van der Waals surface area contributed by atoms with Crippen LogP contribution in [0.1, 0.15) is 17.0 Å². The van der Waals surface area contributed by atoms with Gasteiger partial charge in [-0.25, -0.2) is 4.98 Å². The van der Waals surface area contributed by atoms with Crippen LogP contribution in [-0.4, -0.2) is 22.0 Å². The molecule has 0 aliphatic carbocycles. The molecule has 158 valence electrons. The number of nitro groups is 1. The molecule has 0 amide bonds. The van der Waals surface area contributed by atoms with E-state index in [-0.39, 0.29) is 12.3 Å². The second-order valence-corrected chi connectivity index (χ2v) is 6.89. The first kappa shape index (κ1) is 20.6. The van der Waals surface area contributed by atoms with E-state index in [0.29, 0.717) is 34.0 Å². The lowest BCUT2D eigenvalue weighted by Gasteiger charge is -2.09. The van der Waals surface area contributed by atoms with E-state index < -0.39 is 4.92 Å². The standard InChI is InChI=1S/C24H18N4O4/c1-31-20-9-10-21-22(13-20)27-24(26-21)18(14-25)12-17-6-2-3-8-23(17)32-15-16-5-4-7-19(11-16)28(29)30/h2-13H,15H2,1H3,(H,26,27). The lowest BCUT2D eigenvalue weighted by Crippen LogP contribution is -1.98. The molecule has 32 heavy (non-hydrogen) atoms. The van der Waals surface area contributed by atoms with Crippen LogP contribution in [0.15, 0.2) is 66.7 Å². The summed E-state index contributed by atoms with van der Waals surface area (Å²) in [6.45, 7) is 0.152. The summed E-state index contributed by atoms with van der Waals surface area (Å²) in [6.07, 6.45) is 1.69. The zero-order chi connectivity index (χ0) is 22.5. The molecule has 0 saturated carbocycles. The molecular weight excluding hydrogens is 408 g/mol. The number of benzene rings is 3. The first-order chi connectivity index (χ1) is 15.6. The van der Waals surface area contributed by atoms with Gasteiger partial charge >= 0.3 is 0 Å². The predicted octanol–water partition coefficient (Wildman–Crippen LogP) is 5.12. The summed E-state index contributed by atoms with van der Waals surface area (Å²) < 4.78 is 11.1. The number of ether oxygens (including phenoxy) is 2. The summed E-state index contributed by atoms with van der Waals surface area (Å²) in [6, 6.07) is 21.2. The van der Waals surface area contributed by atoms with Gasteiger partial charge in [-0.2, -0.15) is 5.26 Å². The van der Waals surface area contributed by atoms with Crippen molar-refractivity contribution in [1.29, 1.82) is 5.26 Å². The highest BCUT2D eigenvalue weighted by Crippen LogP contribution is 2.27. The highest BCUT2D eigenvalue weighted by atomic mass is 16.6. The van der Waals surface area contributed by atoms with Crippen LogP contribution >= 0.6 is 0 Å². The Labute approximate surface area is 183 Å². The van der Waals surface area contributed by atoms with Gasteiger partial charge in [0.2, 0.25) is 0 Å². The Kier molecular flexibility index (Phi) is 5.81. The quantitative estimate of drug-likeness (QED) is 0.249. The van der Waals surface area contributed by atoms with Crippen LogP contribution in [-0.2, 0) is 6.61 Å². The van der Waals surface area contributed by atoms with Gasteiger partial charge in [0.1, 0.15) is 30.0 Å². The molecule has 1 aromatic heterocycles. The van der Waals surface area contributed by atoms with E-state index in [2.05, 4.69) is 16.0 Å². The minimum absolute atomic E-state index is 0.00700. The van der Waals surface area contributed by atoms with Crippen molar-refractivity contribution in [3.8, 4) is 17.6 Å². The van der Waals surface area contributed by atoms with Crippen LogP contribution in [0.25, 0.3) is 22.7 Å². The van der Waals surface area contributed by atoms with Crippen molar-refractivity contribution in [3.63, 3.8) is 0 Å². The molecule has 4 aromatic rings. The van der Waals surface area contributed by atoms with Crippen molar-refractivity contribution in [2.24, 2.45) is 0 Å². The molecule has 3 aromatic carbocycles. The SMILES string of the molecule is COc1ccc2nc(C(C#N)=Cc3ccccc3OCc3cccc([N+](=O)[O-])c3)[nH]c2c1. The van der Waals surface area contributed by atoms with Crippen molar-refractivity contribution in [3.05, 3.63) is 93.8 Å². The molecule has 0 atom stereocenters. The van der Waals surface area contributed by atoms with Crippen LogP contribution in [0.5, 0.6) is 11.5 Å². The number of aromatic amines is 1. The maximum Gasteiger partial charge on any atom is 0.269 e. The number of methoxy groups -OCH3 is 1. The van der Waals surface area contributed by atoms with Gasteiger partial charge in [-0.3, -0.25) is 10.1 Å². The number of hydrogen-bond acceptors (Lipinski definition) is 6. The zero-order valence-electron chi connectivity index (χ0n) is 17.1. The Morgan fingerprint density at radius 1 is 1.19 bits per heavy atom. The number of imidazole rings is 1. The highest BCUT2D eigenvalue weighted by Gasteiger charge is 2.11. The maximum absolute atomic E-state index is 11.0. The second-order valence-electron chi connectivity index (χ2n) is 6.89. The van der Waals surface area contributed by atoms with E-state index in [9.17, 15) is 15.4 Å². The number of nitriles is 1. The average molecular weight is 426 g/mol. The molecule has 0 spiro atoms. The van der Waals surface area contributed by atoms with Crippen molar-refractivity contribution >= 4 is 28.4 Å². The molecule has 0 saturated heterocycles. The number of hydrogen-bond donors (Lipinski definition) is 1. The number of nitrogens with zero attached hydrogens (tertiary/aromatic N) is 3. The van der Waals surface area contributed by atoms with E-state index in [1.165, 1.54) is 12.1 Å². The molecule has 0 radical (unpaired) electrons. The summed E-state index contributed by atoms with van der Waals surface area (Å²) in [7, 11) is 1.59. The topological polar surface area (TPSA) is 114 Å². The molecular formula is C24H18N4O4. The number of rotatable bonds is 7. The molecule has 0 aliphatic rings. The van der Waals surface area contributed by atoms with Gasteiger partial charge in [-0.15, -0.1) is 0 Å². The molecule has 1 N–H and O–H groups in total. The van der Waals surface area contributed by atoms with E-state index >= 15 is 0 Å². The molecule has 8 nitrogen and oxygen atoms in total. The zero-order valence-corrected chi connectivity index (χ0v) is 17.1. The third kappa shape index (κ3) is 4.42. The van der Waals surface area contributed by atoms with Crippen molar-refractivity contribution in [1.82, 2.24) is 9.97 Å². The third-order valence-corrected chi connectivity index (χ3v) is 4.80. The molecule has 0 aliphatic heterocycles. The Hall–Kier alpha value is -4.64. The van der Waals surface area contributed by atoms with Crippen molar-refractivity contribution < 1.29 is 14.4 Å². The van der Waals surface area contributed by atoms with E-state index in [1.807, 2.05) is 30.3 Å². The maximum atomic E-state index is 11.0. The van der Waals surface area contributed by atoms with Crippen molar-refractivity contribution in [2.75, 3.05) is 7.11 Å². The monoisotopic (exact) mass is 426 g/mol. The molecule has 0 unspecified atom stereocenters. The summed E-state index contributed by atoms with van der Waals surface area (Å²) in [5, 5.41) is 20.7. The number of nitro benzene ring substituents is 1. The average Bonchev–Trinajstić information content (AvgIpc) is 3.25. The molecule has 4 rings (SSSR count). The number of nitrogens with one attached hydrogen (secondary N) is 1. The molecule has 0 fully saturated rings. The first-order valence-corrected chi connectivity index (χ1v) is 9.68. The van der Waals surface area contributed by atoms with E-state index in [4.69, 9.17) is 9.47 Å². The van der Waals surface area contributed by atoms with Crippen LogP contribution in [0.2, 0.25) is 0 Å². The van der Waals surface area contributed by atoms with Crippen LogP contribution in [0, 0.1) is 21.4 Å². The lowest BCUT2D eigenvalue weighted by atomic mass is 10.1. The van der Waals surface area contributed by atoms with Gasteiger partial charge in [0.05, 0.1) is 28.6 Å². The fourth-order valence-corrected chi connectivity index (χ4v) is 3.20. The summed E-state index contributed by atoms with van der Waals surface area (Å²) in [4.78, 5) is 18.2. The number of fused-ring (bicyclic) bond motifs is 1. The lowest BCUT2D eigenvalue weighted by molar-refractivity contribution is -0.384. The highest BCUT2D eigenvalue weighted by molar-refractivity contribution is 5.91. The number of aromatic nitrogens is 2. The summed E-state index contributed by atoms with van der Waals surface area (Å²) >= 11 is 0. The minimum atomic E-state index is -0.442. The van der Waals surface area contributed by atoms with Gasteiger partial charge in [0, 0.05) is 23.8 Å². The number of H-pyrrole nitrogens is 1. The largest absolute Gasteiger partial charge is 0.497 e. The normalized spacial score (nSPS) is 11.2. The smallest absolute Gasteiger partial charge is 0.269 e. The Bertz CT molecular complexity index is 1370. The first-order valence-electron chi connectivity index (χ1n) is 9.68. The molecule has 0 bridgehead atoms. The van der Waals surface area contributed by atoms with Gasteiger partial charge in [-0.1, -0.05) is 30.3 Å². The number of non-ortho nitro benzene ring substituents is 1. The molecule has 1 heterocycles. The van der Waals surface area contributed by atoms with Crippen LogP contribution in [0.4, 0.5) is 5.69 Å².